The van der Waals surface area contributed by atoms with E-state index in [1.165, 1.54) is 13.5 Å². The Bertz CT molecular complexity index is 317. The summed E-state index contributed by atoms with van der Waals surface area (Å²) in [6, 6.07) is -0.690. The maximum absolute atomic E-state index is 12.0. The third kappa shape index (κ3) is 5.09. The minimum Gasteiger partial charge on any atom is -0.467 e. The van der Waals surface area contributed by atoms with Gasteiger partial charge >= 0.3 is 12.0 Å². The van der Waals surface area contributed by atoms with Gasteiger partial charge in [0.05, 0.1) is 7.11 Å². The molecule has 1 aliphatic rings. The molecular formula is C14H26N2O3. The van der Waals surface area contributed by atoms with Crippen LogP contribution in [-0.2, 0) is 9.53 Å². The molecule has 1 rings (SSSR count). The largest absolute Gasteiger partial charge is 0.467 e. The second-order valence-corrected chi connectivity index (χ2v) is 6.27. The predicted octanol–water partition coefficient (Wildman–Crippen LogP) is 2.21. The van der Waals surface area contributed by atoms with E-state index in [9.17, 15) is 9.59 Å². The average molecular weight is 270 g/mol. The Morgan fingerprint density at radius 1 is 1.16 bits per heavy atom. The molecule has 0 aliphatic heterocycles. The fourth-order valence-corrected chi connectivity index (χ4v) is 2.35. The zero-order chi connectivity index (χ0) is 14.5. The van der Waals surface area contributed by atoms with E-state index in [2.05, 4.69) is 10.6 Å². The van der Waals surface area contributed by atoms with Crippen LogP contribution in [0.5, 0.6) is 0 Å². The summed E-state index contributed by atoms with van der Waals surface area (Å²) in [6.07, 6.45) is 5.60. The summed E-state index contributed by atoms with van der Waals surface area (Å²) < 4.78 is 4.75. The van der Waals surface area contributed by atoms with Crippen LogP contribution in [-0.4, -0.2) is 31.2 Å². The van der Waals surface area contributed by atoms with E-state index in [4.69, 9.17) is 4.74 Å². The van der Waals surface area contributed by atoms with Gasteiger partial charge in [-0.15, -0.1) is 0 Å². The van der Waals surface area contributed by atoms with Gasteiger partial charge in [-0.05, 0) is 18.3 Å². The van der Waals surface area contributed by atoms with Gasteiger partial charge in [0.1, 0.15) is 6.04 Å². The number of methoxy groups -OCH3 is 1. The van der Waals surface area contributed by atoms with Gasteiger partial charge < -0.3 is 15.4 Å². The van der Waals surface area contributed by atoms with Crippen molar-refractivity contribution in [3.63, 3.8) is 0 Å². The Hall–Kier alpha value is -1.26. The van der Waals surface area contributed by atoms with Crippen molar-refractivity contribution in [2.45, 2.75) is 65.0 Å². The summed E-state index contributed by atoms with van der Waals surface area (Å²) in [4.78, 5) is 23.7. The highest BCUT2D eigenvalue weighted by molar-refractivity contribution is 5.84. The average Bonchev–Trinajstić information content (AvgIpc) is 2.35. The van der Waals surface area contributed by atoms with Gasteiger partial charge in [0, 0.05) is 6.04 Å². The maximum Gasteiger partial charge on any atom is 0.328 e. The first-order valence-electron chi connectivity index (χ1n) is 6.99. The normalized spacial score (nSPS) is 18.5. The molecule has 2 amide bonds. The topological polar surface area (TPSA) is 67.4 Å². The van der Waals surface area contributed by atoms with Gasteiger partial charge in [-0.25, -0.2) is 9.59 Å². The van der Waals surface area contributed by atoms with Crippen molar-refractivity contribution < 1.29 is 14.3 Å². The lowest BCUT2D eigenvalue weighted by atomic mass is 9.87. The highest BCUT2D eigenvalue weighted by Gasteiger charge is 2.34. The molecule has 5 nitrogen and oxygen atoms in total. The summed E-state index contributed by atoms with van der Waals surface area (Å²) in [5, 5.41) is 5.67. The minimum atomic E-state index is -0.638. The van der Waals surface area contributed by atoms with Gasteiger partial charge in [0.2, 0.25) is 0 Å². The van der Waals surface area contributed by atoms with Crippen LogP contribution in [0.1, 0.15) is 52.9 Å². The lowest BCUT2D eigenvalue weighted by molar-refractivity contribution is -0.145. The van der Waals surface area contributed by atoms with Gasteiger partial charge in [0.15, 0.2) is 0 Å². The third-order valence-electron chi connectivity index (χ3n) is 3.52. The van der Waals surface area contributed by atoms with Crippen LogP contribution in [0.3, 0.4) is 0 Å². The molecule has 1 aliphatic carbocycles. The SMILES string of the molecule is COC(=O)[C@H](NC(=O)NC1CCCCC1)C(C)(C)C. The number of urea groups is 1. The van der Waals surface area contributed by atoms with E-state index in [0.29, 0.717) is 0 Å². The van der Waals surface area contributed by atoms with Gasteiger partial charge in [-0.1, -0.05) is 40.0 Å². The van der Waals surface area contributed by atoms with Crippen molar-refractivity contribution in [2.24, 2.45) is 5.41 Å². The number of hydrogen-bond donors (Lipinski definition) is 2. The third-order valence-corrected chi connectivity index (χ3v) is 3.52. The van der Waals surface area contributed by atoms with E-state index in [1.54, 1.807) is 0 Å². The van der Waals surface area contributed by atoms with Gasteiger partial charge in [0.25, 0.3) is 0 Å². The highest BCUT2D eigenvalue weighted by Crippen LogP contribution is 2.21. The standard InChI is InChI=1S/C14H26N2O3/c1-14(2,3)11(12(17)19-4)16-13(18)15-10-8-6-5-7-9-10/h10-11H,5-9H2,1-4H3,(H2,15,16,18)/t11-/m0/s1. The van der Waals surface area contributed by atoms with E-state index in [1.807, 2.05) is 20.8 Å². The van der Waals surface area contributed by atoms with Crippen molar-refractivity contribution >= 4 is 12.0 Å². The number of carbonyl (C=O) groups excluding carboxylic acids is 2. The second-order valence-electron chi connectivity index (χ2n) is 6.27. The number of amides is 2. The monoisotopic (exact) mass is 270 g/mol. The van der Waals surface area contributed by atoms with Crippen LogP contribution >= 0.6 is 0 Å². The molecule has 0 aromatic carbocycles. The van der Waals surface area contributed by atoms with Gasteiger partial charge in [-0.3, -0.25) is 0 Å². The minimum absolute atomic E-state index is 0.229. The smallest absolute Gasteiger partial charge is 0.328 e. The molecule has 5 heteroatoms. The lowest BCUT2D eigenvalue weighted by Gasteiger charge is -2.30. The molecule has 19 heavy (non-hydrogen) atoms. The zero-order valence-corrected chi connectivity index (χ0v) is 12.4. The molecule has 0 unspecified atom stereocenters. The van der Waals surface area contributed by atoms with Crippen LogP contribution in [0, 0.1) is 5.41 Å². The Balaban J connectivity index is 2.53. The van der Waals surface area contributed by atoms with Crippen molar-refractivity contribution in [2.75, 3.05) is 7.11 Å². The van der Waals surface area contributed by atoms with Crippen LogP contribution in [0.2, 0.25) is 0 Å². The predicted molar refractivity (Wildman–Crippen MR) is 73.8 cm³/mol. The fourth-order valence-electron chi connectivity index (χ4n) is 2.35. The summed E-state index contributed by atoms with van der Waals surface area (Å²) in [6.45, 7) is 5.69. The highest BCUT2D eigenvalue weighted by atomic mass is 16.5. The Kier molecular flexibility index (Phi) is 5.63. The first kappa shape index (κ1) is 15.8. The molecule has 0 spiro atoms. The van der Waals surface area contributed by atoms with E-state index in [0.717, 1.165) is 25.7 Å². The molecule has 1 saturated carbocycles. The van der Waals surface area contributed by atoms with E-state index < -0.39 is 12.0 Å². The number of hydrogen-bond acceptors (Lipinski definition) is 3. The molecule has 0 heterocycles. The molecule has 0 aromatic rings. The van der Waals surface area contributed by atoms with E-state index >= 15 is 0 Å². The van der Waals surface area contributed by atoms with Crippen LogP contribution in [0.15, 0.2) is 0 Å². The first-order chi connectivity index (χ1) is 8.84. The van der Waals surface area contributed by atoms with Gasteiger partial charge in [-0.2, -0.15) is 0 Å². The summed E-state index contributed by atoms with van der Waals surface area (Å²) in [7, 11) is 1.34. The number of esters is 1. The van der Waals surface area contributed by atoms with Crippen molar-refractivity contribution in [1.29, 1.82) is 0 Å². The maximum atomic E-state index is 12.0. The van der Waals surface area contributed by atoms with Crippen molar-refractivity contribution in [3.8, 4) is 0 Å². The second kappa shape index (κ2) is 6.78. The first-order valence-corrected chi connectivity index (χ1v) is 6.99. The van der Waals surface area contributed by atoms with E-state index in [-0.39, 0.29) is 17.5 Å². The van der Waals surface area contributed by atoms with Crippen molar-refractivity contribution in [1.82, 2.24) is 10.6 Å². The van der Waals surface area contributed by atoms with Crippen molar-refractivity contribution in [3.05, 3.63) is 0 Å². The lowest BCUT2D eigenvalue weighted by Crippen LogP contribution is -2.54. The molecule has 0 radical (unpaired) electrons. The Labute approximate surface area is 115 Å². The molecule has 2 N–H and O–H groups in total. The Morgan fingerprint density at radius 2 is 1.74 bits per heavy atom. The number of rotatable bonds is 3. The Morgan fingerprint density at radius 3 is 2.21 bits per heavy atom. The van der Waals surface area contributed by atoms with Crippen LogP contribution < -0.4 is 10.6 Å². The molecule has 0 bridgehead atoms. The number of nitrogens with one attached hydrogen (secondary N) is 2. The number of carbonyl (C=O) groups is 2. The number of ether oxygens (including phenoxy) is 1. The zero-order valence-electron chi connectivity index (χ0n) is 12.4. The molecule has 110 valence electrons. The summed E-state index contributed by atoms with van der Waals surface area (Å²) in [5.74, 6) is -0.411. The summed E-state index contributed by atoms with van der Waals surface area (Å²) in [5.41, 5.74) is -0.378. The molecule has 1 atom stereocenters. The van der Waals surface area contributed by atoms with Crippen LogP contribution in [0.4, 0.5) is 4.79 Å². The van der Waals surface area contributed by atoms with Crippen LogP contribution in [0.25, 0.3) is 0 Å². The fraction of sp³-hybridized carbons (Fsp3) is 0.857. The molecular weight excluding hydrogens is 244 g/mol. The summed E-state index contributed by atoms with van der Waals surface area (Å²) >= 11 is 0. The molecule has 1 fully saturated rings. The quantitative estimate of drug-likeness (QED) is 0.773. The molecule has 0 saturated heterocycles. The molecule has 0 aromatic heterocycles.